The van der Waals surface area contributed by atoms with E-state index in [2.05, 4.69) is 0 Å². The Kier molecular flexibility index (Phi) is 7.00. The zero-order chi connectivity index (χ0) is 10.3. The number of nitrogens with zero attached hydrogens (tertiary/aromatic N) is 1. The Morgan fingerprint density at radius 3 is 2.31 bits per heavy atom. The van der Waals surface area contributed by atoms with Crippen LogP contribution in [-0.4, -0.2) is 41.0 Å². The summed E-state index contributed by atoms with van der Waals surface area (Å²) in [6, 6.07) is 0.207. The van der Waals surface area contributed by atoms with Crippen LogP contribution in [0.5, 0.6) is 0 Å². The molecule has 0 bridgehead atoms. The maximum Gasteiger partial charge on any atom is 0.237 e. The number of amides is 1. The Bertz CT molecular complexity index is 149. The lowest BCUT2D eigenvalue weighted by Gasteiger charge is -2.29. The number of aliphatic hydroxyl groups excluding tert-OH is 1. The summed E-state index contributed by atoms with van der Waals surface area (Å²) < 4.78 is 0. The molecular formula is C9H18ClNO2. The molecule has 0 radical (unpaired) electrons. The molecule has 13 heavy (non-hydrogen) atoms. The van der Waals surface area contributed by atoms with E-state index < -0.39 is 0 Å². The molecule has 0 unspecified atom stereocenters. The van der Waals surface area contributed by atoms with Gasteiger partial charge in [-0.3, -0.25) is 4.79 Å². The minimum atomic E-state index is -0.0931. The van der Waals surface area contributed by atoms with Crippen LogP contribution in [0.3, 0.4) is 0 Å². The van der Waals surface area contributed by atoms with E-state index in [1.54, 1.807) is 4.90 Å². The number of halogens is 1. The number of hydrogen-bond donors (Lipinski definition) is 1. The van der Waals surface area contributed by atoms with Gasteiger partial charge >= 0.3 is 0 Å². The van der Waals surface area contributed by atoms with E-state index in [4.69, 9.17) is 16.7 Å². The van der Waals surface area contributed by atoms with Gasteiger partial charge in [0, 0.05) is 12.6 Å². The number of hydrogen-bond acceptors (Lipinski definition) is 2. The van der Waals surface area contributed by atoms with Crippen LogP contribution in [0.4, 0.5) is 0 Å². The molecule has 0 fully saturated rings. The molecule has 4 heteroatoms. The second-order valence-electron chi connectivity index (χ2n) is 2.91. The molecule has 0 rings (SSSR count). The van der Waals surface area contributed by atoms with Crippen molar-refractivity contribution in [2.45, 2.75) is 32.7 Å². The third-order valence-electron chi connectivity index (χ3n) is 2.16. The molecule has 0 spiro atoms. The van der Waals surface area contributed by atoms with E-state index in [0.29, 0.717) is 6.54 Å². The van der Waals surface area contributed by atoms with Crippen molar-refractivity contribution in [2.24, 2.45) is 0 Å². The second-order valence-corrected chi connectivity index (χ2v) is 3.18. The molecule has 3 nitrogen and oxygen atoms in total. The van der Waals surface area contributed by atoms with Crippen molar-refractivity contribution in [3.63, 3.8) is 0 Å². The van der Waals surface area contributed by atoms with Gasteiger partial charge in [-0.05, 0) is 12.8 Å². The quantitative estimate of drug-likeness (QED) is 0.666. The lowest BCUT2D eigenvalue weighted by atomic mass is 10.1. The summed E-state index contributed by atoms with van der Waals surface area (Å²) in [7, 11) is 0. The van der Waals surface area contributed by atoms with Gasteiger partial charge in [0.1, 0.15) is 5.88 Å². The molecule has 0 atom stereocenters. The van der Waals surface area contributed by atoms with Crippen LogP contribution in [0.2, 0.25) is 0 Å². The van der Waals surface area contributed by atoms with Crippen molar-refractivity contribution in [2.75, 3.05) is 19.0 Å². The molecule has 1 amide bonds. The number of carbonyl (C=O) groups excluding carboxylic acids is 1. The zero-order valence-electron chi connectivity index (χ0n) is 8.29. The van der Waals surface area contributed by atoms with Crippen LogP contribution in [0.15, 0.2) is 0 Å². The maximum atomic E-state index is 11.3. The average Bonchev–Trinajstić information content (AvgIpc) is 2.17. The maximum absolute atomic E-state index is 11.3. The molecule has 0 aliphatic rings. The van der Waals surface area contributed by atoms with Gasteiger partial charge in [-0.1, -0.05) is 13.8 Å². The van der Waals surface area contributed by atoms with Crippen molar-refractivity contribution >= 4 is 17.5 Å². The molecule has 0 aliphatic carbocycles. The van der Waals surface area contributed by atoms with Gasteiger partial charge in [-0.25, -0.2) is 0 Å². The first-order valence-electron chi connectivity index (χ1n) is 4.67. The third kappa shape index (κ3) is 3.96. The van der Waals surface area contributed by atoms with Gasteiger partial charge < -0.3 is 10.0 Å². The average molecular weight is 208 g/mol. The van der Waals surface area contributed by atoms with Gasteiger partial charge in [0.15, 0.2) is 0 Å². The molecule has 0 aliphatic heterocycles. The van der Waals surface area contributed by atoms with E-state index >= 15 is 0 Å². The largest absolute Gasteiger partial charge is 0.395 e. The van der Waals surface area contributed by atoms with Gasteiger partial charge in [0.25, 0.3) is 0 Å². The monoisotopic (exact) mass is 207 g/mol. The standard InChI is InChI=1S/C9H18ClNO2/c1-3-8(4-2)11(5-6-12)9(13)7-10/h8,12H,3-7H2,1-2H3. The molecule has 1 N–H and O–H groups in total. The van der Waals surface area contributed by atoms with E-state index in [1.165, 1.54) is 0 Å². The smallest absolute Gasteiger partial charge is 0.237 e. The molecule has 0 saturated carbocycles. The summed E-state index contributed by atoms with van der Waals surface area (Å²) in [6.07, 6.45) is 1.80. The number of rotatable bonds is 6. The van der Waals surface area contributed by atoms with Crippen LogP contribution in [0, 0.1) is 0 Å². The van der Waals surface area contributed by atoms with Crippen molar-refractivity contribution in [1.82, 2.24) is 4.90 Å². The van der Waals surface area contributed by atoms with E-state index in [-0.39, 0.29) is 24.4 Å². The predicted molar refractivity (Wildman–Crippen MR) is 53.9 cm³/mol. The molecule has 78 valence electrons. The number of alkyl halides is 1. The molecular weight excluding hydrogens is 190 g/mol. The number of aliphatic hydroxyl groups is 1. The van der Waals surface area contributed by atoms with Gasteiger partial charge in [-0.15, -0.1) is 11.6 Å². The summed E-state index contributed by atoms with van der Waals surface area (Å²) in [5.74, 6) is -0.0966. The summed E-state index contributed by atoms with van der Waals surface area (Å²) in [4.78, 5) is 13.0. The molecule has 0 saturated heterocycles. The number of carbonyl (C=O) groups is 1. The van der Waals surface area contributed by atoms with Gasteiger partial charge in [0.2, 0.25) is 5.91 Å². The minimum absolute atomic E-state index is 0.000864. The second kappa shape index (κ2) is 7.15. The molecule has 0 aromatic carbocycles. The summed E-state index contributed by atoms with van der Waals surface area (Å²) in [5.41, 5.74) is 0. The van der Waals surface area contributed by atoms with E-state index in [1.807, 2.05) is 13.8 Å². The van der Waals surface area contributed by atoms with Crippen molar-refractivity contribution in [3.8, 4) is 0 Å². The Morgan fingerprint density at radius 1 is 1.46 bits per heavy atom. The van der Waals surface area contributed by atoms with E-state index in [0.717, 1.165) is 12.8 Å². The summed E-state index contributed by atoms with van der Waals surface area (Å²) in [6.45, 7) is 4.44. The predicted octanol–water partition coefficient (Wildman–Crippen LogP) is 1.23. The highest BCUT2D eigenvalue weighted by Crippen LogP contribution is 2.08. The molecule has 0 heterocycles. The third-order valence-corrected chi connectivity index (χ3v) is 2.39. The Balaban J connectivity index is 4.28. The van der Waals surface area contributed by atoms with Crippen molar-refractivity contribution < 1.29 is 9.90 Å². The van der Waals surface area contributed by atoms with Crippen molar-refractivity contribution in [3.05, 3.63) is 0 Å². The normalized spacial score (nSPS) is 10.5. The zero-order valence-corrected chi connectivity index (χ0v) is 9.05. The highest BCUT2D eigenvalue weighted by Gasteiger charge is 2.18. The Labute approximate surface area is 84.7 Å². The lowest BCUT2D eigenvalue weighted by Crippen LogP contribution is -2.42. The Morgan fingerprint density at radius 2 is 2.00 bits per heavy atom. The first-order valence-corrected chi connectivity index (χ1v) is 5.20. The molecule has 0 aromatic heterocycles. The SMILES string of the molecule is CCC(CC)N(CCO)C(=O)CCl. The fraction of sp³-hybridized carbons (Fsp3) is 0.889. The fourth-order valence-electron chi connectivity index (χ4n) is 1.42. The van der Waals surface area contributed by atoms with Crippen molar-refractivity contribution in [1.29, 1.82) is 0 Å². The first-order chi connectivity index (χ1) is 6.21. The molecule has 0 aromatic rings. The fourth-order valence-corrected chi connectivity index (χ4v) is 1.58. The van der Waals surface area contributed by atoms with Gasteiger partial charge in [0.05, 0.1) is 6.61 Å². The van der Waals surface area contributed by atoms with Crippen LogP contribution in [0.1, 0.15) is 26.7 Å². The highest BCUT2D eigenvalue weighted by atomic mass is 35.5. The summed E-state index contributed by atoms with van der Waals surface area (Å²) in [5, 5.41) is 8.78. The van der Waals surface area contributed by atoms with Crippen LogP contribution in [-0.2, 0) is 4.79 Å². The lowest BCUT2D eigenvalue weighted by molar-refractivity contribution is -0.131. The van der Waals surface area contributed by atoms with Crippen LogP contribution in [0.25, 0.3) is 0 Å². The topological polar surface area (TPSA) is 40.5 Å². The van der Waals surface area contributed by atoms with Gasteiger partial charge in [-0.2, -0.15) is 0 Å². The first kappa shape index (κ1) is 12.7. The van der Waals surface area contributed by atoms with E-state index in [9.17, 15) is 4.79 Å². The Hall–Kier alpha value is -0.280. The minimum Gasteiger partial charge on any atom is -0.395 e. The summed E-state index contributed by atoms with van der Waals surface area (Å²) >= 11 is 5.47. The van der Waals surface area contributed by atoms with Crippen LogP contribution < -0.4 is 0 Å². The highest BCUT2D eigenvalue weighted by molar-refractivity contribution is 6.27. The van der Waals surface area contributed by atoms with Crippen LogP contribution >= 0.6 is 11.6 Å².